The number of rotatable bonds is 4. The largest absolute Gasteiger partial charge is 0.298 e. The Bertz CT molecular complexity index is 331. The van der Waals surface area contributed by atoms with Crippen LogP contribution in [0, 0.1) is 11.6 Å². The average molecular weight is 227 g/mol. The maximum atomic E-state index is 12.8. The van der Waals surface area contributed by atoms with Gasteiger partial charge in [-0.1, -0.05) is 12.8 Å². The van der Waals surface area contributed by atoms with Gasteiger partial charge in [-0.25, -0.2) is 8.78 Å². The second-order valence-electron chi connectivity index (χ2n) is 4.12. The van der Waals surface area contributed by atoms with E-state index in [1.54, 1.807) is 0 Å². The molecule has 0 radical (unpaired) electrons. The lowest BCUT2D eigenvalue weighted by Crippen LogP contribution is -2.21. The molecule has 1 aliphatic carbocycles. The summed E-state index contributed by atoms with van der Waals surface area (Å²) in [7, 11) is 0. The van der Waals surface area contributed by atoms with Crippen molar-refractivity contribution < 1.29 is 13.6 Å². The molecule has 1 aliphatic rings. The van der Waals surface area contributed by atoms with Crippen molar-refractivity contribution in [2.45, 2.75) is 38.3 Å². The summed E-state index contributed by atoms with van der Waals surface area (Å²) < 4.78 is 25.7. The zero-order chi connectivity index (χ0) is 11.4. The van der Waals surface area contributed by atoms with E-state index in [0.717, 1.165) is 18.9 Å². The van der Waals surface area contributed by atoms with E-state index in [2.05, 4.69) is 5.48 Å². The summed E-state index contributed by atoms with van der Waals surface area (Å²) in [5, 5.41) is 0. The third-order valence-electron chi connectivity index (χ3n) is 2.75. The van der Waals surface area contributed by atoms with Crippen LogP contribution in [0.2, 0.25) is 0 Å². The zero-order valence-corrected chi connectivity index (χ0v) is 9.01. The van der Waals surface area contributed by atoms with Crippen LogP contribution in [0.5, 0.6) is 0 Å². The first-order chi connectivity index (χ1) is 7.74. The minimum atomic E-state index is -0.558. The molecule has 1 N–H and O–H groups in total. The molecule has 16 heavy (non-hydrogen) atoms. The van der Waals surface area contributed by atoms with Crippen LogP contribution < -0.4 is 5.48 Å². The number of benzene rings is 1. The van der Waals surface area contributed by atoms with Gasteiger partial charge in [0.25, 0.3) is 0 Å². The number of hydrogen-bond donors (Lipinski definition) is 1. The first kappa shape index (κ1) is 11.5. The fourth-order valence-electron chi connectivity index (χ4n) is 1.96. The molecule has 0 bridgehead atoms. The molecule has 88 valence electrons. The second kappa shape index (κ2) is 5.37. The highest BCUT2D eigenvalue weighted by molar-refractivity contribution is 5.17. The topological polar surface area (TPSA) is 21.3 Å². The summed E-state index contributed by atoms with van der Waals surface area (Å²) in [4.78, 5) is 5.39. The Morgan fingerprint density at radius 1 is 1.12 bits per heavy atom. The first-order valence-electron chi connectivity index (χ1n) is 5.57. The Morgan fingerprint density at radius 3 is 2.38 bits per heavy atom. The summed E-state index contributed by atoms with van der Waals surface area (Å²) in [5.74, 6) is -1.12. The highest BCUT2D eigenvalue weighted by Crippen LogP contribution is 2.20. The maximum absolute atomic E-state index is 12.8. The minimum Gasteiger partial charge on any atom is -0.298 e. The number of hydroxylamine groups is 1. The van der Waals surface area contributed by atoms with Crippen molar-refractivity contribution in [3.05, 3.63) is 35.4 Å². The van der Waals surface area contributed by atoms with E-state index in [-0.39, 0.29) is 6.10 Å². The Labute approximate surface area is 93.6 Å². The molecule has 1 aromatic rings. The molecule has 0 amide bonds. The van der Waals surface area contributed by atoms with Gasteiger partial charge >= 0.3 is 0 Å². The van der Waals surface area contributed by atoms with Crippen molar-refractivity contribution in [1.29, 1.82) is 0 Å². The predicted molar refractivity (Wildman–Crippen MR) is 56.5 cm³/mol. The van der Waals surface area contributed by atoms with Crippen LogP contribution in [0.25, 0.3) is 0 Å². The van der Waals surface area contributed by atoms with Crippen molar-refractivity contribution in [2.75, 3.05) is 0 Å². The van der Waals surface area contributed by atoms with Crippen LogP contribution in [-0.2, 0) is 11.4 Å². The molecule has 2 nitrogen and oxygen atoms in total. The van der Waals surface area contributed by atoms with Gasteiger partial charge in [0.15, 0.2) is 0 Å². The third kappa shape index (κ3) is 3.25. The van der Waals surface area contributed by atoms with Crippen molar-refractivity contribution in [3.8, 4) is 0 Å². The molecule has 0 aromatic heterocycles. The summed E-state index contributed by atoms with van der Waals surface area (Å²) >= 11 is 0. The summed E-state index contributed by atoms with van der Waals surface area (Å²) in [6.45, 7) is 0.325. The van der Waals surface area contributed by atoms with Crippen LogP contribution in [0.1, 0.15) is 31.2 Å². The van der Waals surface area contributed by atoms with Gasteiger partial charge in [0.1, 0.15) is 11.6 Å². The van der Waals surface area contributed by atoms with Crippen LogP contribution >= 0.6 is 0 Å². The van der Waals surface area contributed by atoms with Crippen LogP contribution in [0.3, 0.4) is 0 Å². The van der Waals surface area contributed by atoms with E-state index < -0.39 is 11.6 Å². The molecule has 4 heteroatoms. The molecule has 0 unspecified atom stereocenters. The molecular weight excluding hydrogens is 212 g/mol. The van der Waals surface area contributed by atoms with Crippen molar-refractivity contribution in [1.82, 2.24) is 5.48 Å². The van der Waals surface area contributed by atoms with Gasteiger partial charge in [0.2, 0.25) is 0 Å². The molecule has 1 saturated carbocycles. The predicted octanol–water partition coefficient (Wildman–Crippen LogP) is 2.93. The fraction of sp³-hybridized carbons (Fsp3) is 0.500. The van der Waals surface area contributed by atoms with Gasteiger partial charge in [-0.05, 0) is 30.5 Å². The monoisotopic (exact) mass is 227 g/mol. The highest BCUT2D eigenvalue weighted by atomic mass is 19.1. The Morgan fingerprint density at radius 2 is 1.75 bits per heavy atom. The van der Waals surface area contributed by atoms with Gasteiger partial charge in [-0.3, -0.25) is 4.84 Å². The lowest BCUT2D eigenvalue weighted by atomic mass is 10.2. The molecule has 1 aromatic carbocycles. The molecule has 0 spiro atoms. The molecular formula is C12H15F2NO. The van der Waals surface area contributed by atoms with Crippen molar-refractivity contribution >= 4 is 0 Å². The second-order valence-corrected chi connectivity index (χ2v) is 4.12. The molecule has 2 rings (SSSR count). The van der Waals surface area contributed by atoms with Crippen molar-refractivity contribution in [3.63, 3.8) is 0 Å². The molecule has 0 aliphatic heterocycles. The summed E-state index contributed by atoms with van der Waals surface area (Å²) in [6.07, 6.45) is 4.76. The Hall–Kier alpha value is -1.00. The van der Waals surface area contributed by atoms with E-state index in [0.29, 0.717) is 12.1 Å². The van der Waals surface area contributed by atoms with Gasteiger partial charge in [0.05, 0.1) is 6.10 Å². The molecule has 1 fully saturated rings. The van der Waals surface area contributed by atoms with E-state index in [4.69, 9.17) is 4.84 Å². The van der Waals surface area contributed by atoms with Crippen molar-refractivity contribution in [2.24, 2.45) is 0 Å². The molecule has 0 heterocycles. The molecule has 0 saturated heterocycles. The van der Waals surface area contributed by atoms with Crippen LogP contribution in [-0.4, -0.2) is 6.10 Å². The van der Waals surface area contributed by atoms with E-state index >= 15 is 0 Å². The lowest BCUT2D eigenvalue weighted by Gasteiger charge is -2.11. The van der Waals surface area contributed by atoms with Gasteiger partial charge in [-0.15, -0.1) is 0 Å². The summed E-state index contributed by atoms with van der Waals surface area (Å²) in [6, 6.07) is 3.46. The first-order valence-corrected chi connectivity index (χ1v) is 5.57. The zero-order valence-electron chi connectivity index (χ0n) is 9.01. The number of halogens is 2. The summed E-state index contributed by atoms with van der Waals surface area (Å²) in [5.41, 5.74) is 3.32. The Balaban J connectivity index is 1.80. The van der Waals surface area contributed by atoms with Crippen LogP contribution in [0.4, 0.5) is 8.78 Å². The maximum Gasteiger partial charge on any atom is 0.126 e. The van der Waals surface area contributed by atoms with Gasteiger partial charge in [-0.2, -0.15) is 5.48 Å². The number of hydrogen-bond acceptors (Lipinski definition) is 2. The highest BCUT2D eigenvalue weighted by Gasteiger charge is 2.15. The minimum absolute atomic E-state index is 0.249. The van der Waals surface area contributed by atoms with E-state index in [9.17, 15) is 8.78 Å². The van der Waals surface area contributed by atoms with E-state index in [1.807, 2.05) is 0 Å². The third-order valence-corrected chi connectivity index (χ3v) is 2.75. The molecule has 0 atom stereocenters. The SMILES string of the molecule is Fc1cc(F)cc(CNOC2CCCC2)c1. The smallest absolute Gasteiger partial charge is 0.126 e. The van der Waals surface area contributed by atoms with E-state index in [1.165, 1.54) is 25.0 Å². The van der Waals surface area contributed by atoms with Gasteiger partial charge in [0, 0.05) is 12.6 Å². The fourth-order valence-corrected chi connectivity index (χ4v) is 1.96. The Kier molecular flexibility index (Phi) is 3.85. The normalized spacial score (nSPS) is 16.9. The average Bonchev–Trinajstić information content (AvgIpc) is 2.69. The standard InChI is InChI=1S/C12H15F2NO/c13-10-5-9(6-11(14)7-10)8-15-16-12-3-1-2-4-12/h5-7,12,15H,1-4,8H2. The van der Waals surface area contributed by atoms with Gasteiger partial charge < -0.3 is 0 Å². The lowest BCUT2D eigenvalue weighted by molar-refractivity contribution is -0.0244. The number of nitrogens with one attached hydrogen (secondary N) is 1. The van der Waals surface area contributed by atoms with Crippen LogP contribution in [0.15, 0.2) is 18.2 Å². The quantitative estimate of drug-likeness (QED) is 0.798.